The fourth-order valence-corrected chi connectivity index (χ4v) is 5.13. The van der Waals surface area contributed by atoms with E-state index in [4.69, 9.17) is 9.97 Å². The predicted molar refractivity (Wildman–Crippen MR) is 128 cm³/mol. The number of hydrogen-bond acceptors (Lipinski definition) is 7. The molecule has 4 heterocycles. The third-order valence-electron chi connectivity index (χ3n) is 6.30. The number of fused-ring (bicyclic) bond motifs is 1. The van der Waals surface area contributed by atoms with E-state index in [-0.39, 0.29) is 16.8 Å². The average molecular weight is 447 g/mol. The van der Waals surface area contributed by atoms with Gasteiger partial charge in [0.1, 0.15) is 11.6 Å². The summed E-state index contributed by atoms with van der Waals surface area (Å²) >= 11 is 0. The standard InChI is InChI=1S/C24H30N8O/c1-23(2)13-17(14-24(3,4)29-23)30(5)21-8-11-31-15-19(27-22(31)28-21)18-7-6-16(12-20(18)33)32-25-9-10-26-32/h6-12,15,17,29,33H,13-14H2,1-5H3. The number of phenolic OH excluding ortho intramolecular Hbond substituents is 1. The Bertz CT molecular complexity index is 1280. The van der Waals surface area contributed by atoms with Crippen LogP contribution in [0.5, 0.6) is 5.75 Å². The first-order valence-corrected chi connectivity index (χ1v) is 11.2. The molecule has 0 atom stereocenters. The lowest BCUT2D eigenvalue weighted by molar-refractivity contribution is 0.160. The second kappa shape index (κ2) is 7.55. The van der Waals surface area contributed by atoms with Gasteiger partial charge in [-0.05, 0) is 58.7 Å². The fraction of sp³-hybridized carbons (Fsp3) is 0.417. The molecule has 1 saturated heterocycles. The molecule has 9 nitrogen and oxygen atoms in total. The zero-order valence-electron chi connectivity index (χ0n) is 19.7. The molecule has 1 aliphatic rings. The van der Waals surface area contributed by atoms with Gasteiger partial charge < -0.3 is 15.3 Å². The van der Waals surface area contributed by atoms with Crippen molar-refractivity contribution >= 4 is 11.6 Å². The Kier molecular flexibility index (Phi) is 4.89. The largest absolute Gasteiger partial charge is 0.507 e. The highest BCUT2D eigenvalue weighted by Gasteiger charge is 2.39. The minimum absolute atomic E-state index is 0.0562. The highest BCUT2D eigenvalue weighted by Crippen LogP contribution is 2.33. The molecule has 1 aliphatic heterocycles. The SMILES string of the molecule is CN(c1ccn2cc(-c3ccc(-n4nccn4)cc3O)nc2n1)C1CC(C)(C)NC(C)(C)C1. The number of anilines is 1. The molecule has 0 aliphatic carbocycles. The summed E-state index contributed by atoms with van der Waals surface area (Å²) in [5.41, 5.74) is 2.08. The van der Waals surface area contributed by atoms with E-state index in [1.165, 1.54) is 4.80 Å². The van der Waals surface area contributed by atoms with Gasteiger partial charge in [-0.1, -0.05) is 0 Å². The fourth-order valence-electron chi connectivity index (χ4n) is 5.13. The van der Waals surface area contributed by atoms with Crippen LogP contribution in [0.25, 0.3) is 22.7 Å². The van der Waals surface area contributed by atoms with Crippen LogP contribution in [0, 0.1) is 0 Å². The molecular weight excluding hydrogens is 416 g/mol. The maximum atomic E-state index is 10.6. The topological polar surface area (TPSA) is 96.4 Å². The highest BCUT2D eigenvalue weighted by molar-refractivity contribution is 5.70. The molecule has 9 heteroatoms. The van der Waals surface area contributed by atoms with Crippen LogP contribution in [0.4, 0.5) is 5.82 Å². The normalized spacial score (nSPS) is 18.0. The van der Waals surface area contributed by atoms with Crippen LogP contribution < -0.4 is 10.2 Å². The van der Waals surface area contributed by atoms with Gasteiger partial charge in [0.2, 0.25) is 5.78 Å². The Labute approximate surface area is 193 Å². The van der Waals surface area contributed by atoms with E-state index in [1.54, 1.807) is 18.5 Å². The summed E-state index contributed by atoms with van der Waals surface area (Å²) in [6.07, 6.45) is 9.11. The molecule has 0 amide bonds. The van der Waals surface area contributed by atoms with Crippen molar-refractivity contribution in [1.82, 2.24) is 34.7 Å². The van der Waals surface area contributed by atoms with Gasteiger partial charge in [-0.25, -0.2) is 4.98 Å². The molecule has 0 saturated carbocycles. The molecule has 172 valence electrons. The Morgan fingerprint density at radius 3 is 2.39 bits per heavy atom. The average Bonchev–Trinajstić information content (AvgIpc) is 3.40. The molecule has 1 fully saturated rings. The summed E-state index contributed by atoms with van der Waals surface area (Å²) in [7, 11) is 2.11. The number of aromatic nitrogens is 6. The maximum Gasteiger partial charge on any atom is 0.236 e. The van der Waals surface area contributed by atoms with E-state index in [0.717, 1.165) is 18.7 Å². The first kappa shape index (κ1) is 21.4. The number of aromatic hydroxyl groups is 1. The molecule has 0 spiro atoms. The quantitative estimate of drug-likeness (QED) is 0.496. The van der Waals surface area contributed by atoms with Crippen molar-refractivity contribution in [3.05, 3.63) is 49.1 Å². The highest BCUT2D eigenvalue weighted by atomic mass is 16.3. The smallest absolute Gasteiger partial charge is 0.236 e. The van der Waals surface area contributed by atoms with Crippen molar-refractivity contribution in [2.75, 3.05) is 11.9 Å². The van der Waals surface area contributed by atoms with Gasteiger partial charge in [-0.3, -0.25) is 4.40 Å². The van der Waals surface area contributed by atoms with Crippen molar-refractivity contribution in [2.45, 2.75) is 57.7 Å². The lowest BCUT2D eigenvalue weighted by Crippen LogP contribution is -2.62. The van der Waals surface area contributed by atoms with E-state index in [0.29, 0.717) is 28.8 Å². The van der Waals surface area contributed by atoms with E-state index in [1.807, 2.05) is 35.0 Å². The summed E-state index contributed by atoms with van der Waals surface area (Å²) < 4.78 is 1.88. The summed E-state index contributed by atoms with van der Waals surface area (Å²) in [5.74, 6) is 1.60. The Hall–Kier alpha value is -3.46. The van der Waals surface area contributed by atoms with Crippen LogP contribution in [0.15, 0.2) is 49.1 Å². The number of rotatable bonds is 4. The third kappa shape index (κ3) is 4.16. The molecule has 5 rings (SSSR count). The minimum Gasteiger partial charge on any atom is -0.507 e. The van der Waals surface area contributed by atoms with Gasteiger partial charge >= 0.3 is 0 Å². The van der Waals surface area contributed by atoms with Crippen molar-refractivity contribution in [3.8, 4) is 22.7 Å². The number of piperidine rings is 1. The lowest BCUT2D eigenvalue weighted by atomic mass is 9.79. The summed E-state index contributed by atoms with van der Waals surface area (Å²) in [5, 5.41) is 22.6. The van der Waals surface area contributed by atoms with Gasteiger partial charge in [-0.2, -0.15) is 20.0 Å². The van der Waals surface area contributed by atoms with Crippen LogP contribution in [0.1, 0.15) is 40.5 Å². The van der Waals surface area contributed by atoms with Crippen molar-refractivity contribution in [3.63, 3.8) is 0 Å². The van der Waals surface area contributed by atoms with Crippen molar-refractivity contribution < 1.29 is 5.11 Å². The van der Waals surface area contributed by atoms with E-state index in [9.17, 15) is 5.11 Å². The number of nitrogens with zero attached hydrogens (tertiary/aromatic N) is 7. The Morgan fingerprint density at radius 1 is 1.03 bits per heavy atom. The zero-order chi connectivity index (χ0) is 23.4. The van der Waals surface area contributed by atoms with Crippen LogP contribution in [0.3, 0.4) is 0 Å². The first-order valence-electron chi connectivity index (χ1n) is 11.2. The van der Waals surface area contributed by atoms with E-state index < -0.39 is 0 Å². The lowest BCUT2D eigenvalue weighted by Gasteiger charge is -2.49. The van der Waals surface area contributed by atoms with E-state index >= 15 is 0 Å². The van der Waals surface area contributed by atoms with Crippen LogP contribution in [-0.4, -0.2) is 58.6 Å². The molecule has 2 N–H and O–H groups in total. The van der Waals surface area contributed by atoms with E-state index in [2.05, 4.69) is 55.2 Å². The molecule has 33 heavy (non-hydrogen) atoms. The van der Waals surface area contributed by atoms with Gasteiger partial charge in [0, 0.05) is 48.2 Å². The summed E-state index contributed by atoms with van der Waals surface area (Å²) in [4.78, 5) is 13.3. The Morgan fingerprint density at radius 2 is 1.73 bits per heavy atom. The summed E-state index contributed by atoms with van der Waals surface area (Å²) in [6.45, 7) is 9.03. The second-order valence-corrected chi connectivity index (χ2v) is 10.2. The van der Waals surface area contributed by atoms with Gasteiger partial charge in [0.05, 0.1) is 23.8 Å². The number of imidazole rings is 1. The molecule has 1 aromatic carbocycles. The van der Waals surface area contributed by atoms with Gasteiger partial charge in [0.25, 0.3) is 0 Å². The van der Waals surface area contributed by atoms with Crippen molar-refractivity contribution in [2.24, 2.45) is 0 Å². The van der Waals surface area contributed by atoms with Crippen LogP contribution in [-0.2, 0) is 0 Å². The van der Waals surface area contributed by atoms with Crippen LogP contribution >= 0.6 is 0 Å². The zero-order valence-corrected chi connectivity index (χ0v) is 19.7. The van der Waals surface area contributed by atoms with Crippen LogP contribution in [0.2, 0.25) is 0 Å². The molecular formula is C24H30N8O. The van der Waals surface area contributed by atoms with Crippen molar-refractivity contribution in [1.29, 1.82) is 0 Å². The molecule has 0 bridgehead atoms. The monoisotopic (exact) mass is 446 g/mol. The number of hydrogen-bond donors (Lipinski definition) is 2. The third-order valence-corrected chi connectivity index (χ3v) is 6.30. The maximum absolute atomic E-state index is 10.6. The number of phenols is 1. The molecule has 3 aromatic heterocycles. The first-order chi connectivity index (χ1) is 15.6. The predicted octanol–water partition coefficient (Wildman–Crippen LogP) is 3.43. The summed E-state index contributed by atoms with van der Waals surface area (Å²) in [6, 6.07) is 7.70. The van der Waals surface area contributed by atoms with Gasteiger partial charge in [-0.15, -0.1) is 0 Å². The number of nitrogens with one attached hydrogen (secondary N) is 1. The minimum atomic E-state index is 0.0562. The molecule has 0 unspecified atom stereocenters. The second-order valence-electron chi connectivity index (χ2n) is 10.2. The van der Waals surface area contributed by atoms with Gasteiger partial charge in [0.15, 0.2) is 0 Å². The molecule has 4 aromatic rings. The Balaban J connectivity index is 1.44. The number of benzene rings is 1. The molecule has 0 radical (unpaired) electrons.